The van der Waals surface area contributed by atoms with Gasteiger partial charge in [-0.15, -0.1) is 0 Å². The molecule has 0 bridgehead atoms. The Labute approximate surface area is 175 Å². The topological polar surface area (TPSA) is 52.7 Å². The molecule has 26 heavy (non-hydrogen) atoms. The van der Waals surface area contributed by atoms with Crippen LogP contribution in [0, 0.1) is 0 Å². The van der Waals surface area contributed by atoms with Crippen LogP contribution < -0.4 is 26.5 Å². The van der Waals surface area contributed by atoms with Crippen LogP contribution in [-0.2, 0) is 9.59 Å². The third-order valence-electron chi connectivity index (χ3n) is 4.34. The van der Waals surface area contributed by atoms with Crippen LogP contribution in [-0.4, -0.2) is 83.3 Å². The molecule has 1 atom stereocenters. The number of likely N-dealkylation sites (N-methyl/N-ethyl adjacent to an activating group) is 1. The van der Waals surface area contributed by atoms with Crippen LogP contribution in [0.2, 0.25) is 0 Å². The number of halogens is 1. The first-order valence-corrected chi connectivity index (χ1v) is 14.2. The average Bonchev–Trinajstić information content (AvgIpc) is 2.61. The Morgan fingerprint density at radius 2 is 1.65 bits per heavy atom. The summed E-state index contributed by atoms with van der Waals surface area (Å²) in [6.07, 6.45) is 9.59. The van der Waals surface area contributed by atoms with Crippen molar-refractivity contribution in [3.63, 3.8) is 0 Å². The van der Waals surface area contributed by atoms with E-state index in [0.717, 1.165) is 25.9 Å². The van der Waals surface area contributed by atoms with Crippen LogP contribution in [0.15, 0.2) is 0 Å². The predicted octanol–water partition coefficient (Wildman–Crippen LogP) is -0.696. The molecule has 0 aromatic rings. The molecule has 0 saturated heterocycles. The molecule has 0 heterocycles. The molecular formula is C19H39IN3O2S-. The Hall–Kier alpha value is 0.140. The number of alkyl halides is 1. The molecule has 0 spiro atoms. The summed E-state index contributed by atoms with van der Waals surface area (Å²) in [5.74, 6) is 1.26. The summed E-state index contributed by atoms with van der Waals surface area (Å²) < 4.78 is 0.265. The van der Waals surface area contributed by atoms with Gasteiger partial charge >= 0.3 is 170 Å². The number of unbranched alkanes of at least 4 members (excludes halogenated alkanes) is 4. The molecule has 156 valence electrons. The summed E-state index contributed by atoms with van der Waals surface area (Å²) in [5.41, 5.74) is 0. The van der Waals surface area contributed by atoms with Crippen LogP contribution in [0.5, 0.6) is 0 Å². The predicted molar refractivity (Wildman–Crippen MR) is 110 cm³/mol. The molecule has 7 heteroatoms. The number of nitrogens with zero attached hydrogens (tertiary/aromatic N) is 2. The number of thioether (sulfide) groups is 1. The van der Waals surface area contributed by atoms with Crippen molar-refractivity contribution in [2.24, 2.45) is 0 Å². The van der Waals surface area contributed by atoms with E-state index in [1.165, 1.54) is 31.4 Å². The summed E-state index contributed by atoms with van der Waals surface area (Å²) in [7, 11) is 6.05. The molecule has 0 aliphatic carbocycles. The number of carbonyl (C=O) groups excluding carboxylic acids is 2. The maximum absolute atomic E-state index is 12.6. The van der Waals surface area contributed by atoms with Gasteiger partial charge in [-0.3, -0.25) is 0 Å². The van der Waals surface area contributed by atoms with Crippen LogP contribution in [0.1, 0.15) is 44.9 Å². The van der Waals surface area contributed by atoms with Gasteiger partial charge in [0.15, 0.2) is 0 Å². The molecule has 1 N–H and O–H groups in total. The van der Waals surface area contributed by atoms with Gasteiger partial charge in [0.05, 0.1) is 0 Å². The second kappa shape index (κ2) is 17.3. The van der Waals surface area contributed by atoms with E-state index in [0.29, 0.717) is 13.0 Å². The van der Waals surface area contributed by atoms with Gasteiger partial charge in [0.25, 0.3) is 0 Å². The molecule has 0 radical (unpaired) electrons. The summed E-state index contributed by atoms with van der Waals surface area (Å²) in [4.78, 5) is 30.7. The summed E-state index contributed by atoms with van der Waals surface area (Å²) >= 11 is 1.46. The molecule has 0 aliphatic rings. The Bertz CT molecular complexity index is 384. The first-order chi connectivity index (χ1) is 12.4. The van der Waals surface area contributed by atoms with Crippen molar-refractivity contribution in [1.82, 2.24) is 15.1 Å². The van der Waals surface area contributed by atoms with Gasteiger partial charge in [-0.2, -0.15) is 0 Å². The molecular weight excluding hydrogens is 461 g/mol. The van der Waals surface area contributed by atoms with Crippen LogP contribution in [0.3, 0.4) is 0 Å². The van der Waals surface area contributed by atoms with Crippen LogP contribution in [0.4, 0.5) is 0 Å². The molecule has 0 saturated carbocycles. The van der Waals surface area contributed by atoms with Crippen LogP contribution in [0.25, 0.3) is 0 Å². The zero-order chi connectivity index (χ0) is 19.8. The zero-order valence-electron chi connectivity index (χ0n) is 17.4. The minimum absolute atomic E-state index is 0.0111. The number of carbonyl (C=O) groups is 2. The first kappa shape index (κ1) is 26.1. The van der Waals surface area contributed by atoms with Gasteiger partial charge in [0, 0.05) is 0 Å². The number of amides is 1. The minimum atomic E-state index is -0.446. The third-order valence-corrected chi connectivity index (χ3v) is 6.68. The average molecular weight is 501 g/mol. The molecule has 0 fully saturated rings. The number of hydrogen-bond donors (Lipinski definition) is 1. The van der Waals surface area contributed by atoms with E-state index in [-0.39, 0.29) is 15.7 Å². The van der Waals surface area contributed by atoms with Gasteiger partial charge in [-0.25, -0.2) is 0 Å². The molecule has 0 rings (SSSR count). The molecule has 5 nitrogen and oxygen atoms in total. The molecule has 0 unspecified atom stereocenters. The van der Waals surface area contributed by atoms with E-state index in [4.69, 9.17) is 0 Å². The Morgan fingerprint density at radius 3 is 2.27 bits per heavy atom. The molecule has 0 aromatic carbocycles. The Balaban J connectivity index is 4.28. The first-order valence-electron chi connectivity index (χ1n) is 9.56. The number of hydrogen-bond acceptors (Lipinski definition) is 5. The Kier molecular flexibility index (Phi) is 17.3. The summed E-state index contributed by atoms with van der Waals surface area (Å²) in [5, 5.41) is 3.02. The van der Waals surface area contributed by atoms with Crippen molar-refractivity contribution in [2.75, 3.05) is 57.7 Å². The SMILES string of the molecule is CSCCCCCCCN(C)[C@H](CC(=O)[I-]C)C(=O)NCCCN(C)C. The van der Waals surface area contributed by atoms with Crippen LogP contribution >= 0.6 is 11.8 Å². The monoisotopic (exact) mass is 500 g/mol. The Morgan fingerprint density at radius 1 is 1.00 bits per heavy atom. The van der Waals surface area contributed by atoms with E-state index < -0.39 is 21.2 Å². The van der Waals surface area contributed by atoms with Crippen molar-refractivity contribution in [3.8, 4) is 0 Å². The second-order valence-electron chi connectivity index (χ2n) is 6.95. The second-order valence-corrected chi connectivity index (χ2v) is 10.2. The van der Waals surface area contributed by atoms with Crippen molar-refractivity contribution < 1.29 is 30.8 Å². The molecule has 0 aliphatic heterocycles. The number of rotatable bonds is 17. The number of nitrogens with one attached hydrogen (secondary N) is 1. The quantitative estimate of drug-likeness (QED) is 0.124. The van der Waals surface area contributed by atoms with Gasteiger partial charge in [-0.1, -0.05) is 0 Å². The van der Waals surface area contributed by atoms with E-state index in [2.05, 4.69) is 21.4 Å². The summed E-state index contributed by atoms with van der Waals surface area (Å²) in [6, 6.07) is -0.307. The van der Waals surface area contributed by atoms with E-state index in [1.54, 1.807) is 0 Å². The van der Waals surface area contributed by atoms with Crippen molar-refractivity contribution in [2.45, 2.75) is 51.0 Å². The fourth-order valence-corrected chi connectivity index (χ4v) is 4.05. The van der Waals surface area contributed by atoms with Gasteiger partial charge in [-0.05, 0) is 6.26 Å². The molecule has 0 aromatic heterocycles. The zero-order valence-corrected chi connectivity index (χ0v) is 20.3. The fourth-order valence-electron chi connectivity index (χ4n) is 2.70. The van der Waals surface area contributed by atoms with Gasteiger partial charge in [0.2, 0.25) is 0 Å². The van der Waals surface area contributed by atoms with Crippen molar-refractivity contribution in [3.05, 3.63) is 0 Å². The van der Waals surface area contributed by atoms with Crippen molar-refractivity contribution in [1.29, 1.82) is 0 Å². The van der Waals surface area contributed by atoms with Gasteiger partial charge in [0.1, 0.15) is 0 Å². The molecule has 1 amide bonds. The standard InChI is InChI=1S/C19H39IN3O2S/c1-20-18(24)16-17(19(25)21-12-11-13-22(2)3)23(4)14-9-7-6-8-10-15-26-5/h17H,6-16H2,1-5H3,(H,21,25)/q-1/t17-/m1/s1. The van der Waals surface area contributed by atoms with E-state index >= 15 is 0 Å². The van der Waals surface area contributed by atoms with Crippen molar-refractivity contribution >= 4 is 21.5 Å². The fraction of sp³-hybridized carbons (Fsp3) is 0.895. The normalized spacial score (nSPS) is 12.7. The van der Waals surface area contributed by atoms with E-state index in [1.807, 2.05) is 37.8 Å². The van der Waals surface area contributed by atoms with E-state index in [9.17, 15) is 9.59 Å². The van der Waals surface area contributed by atoms with Gasteiger partial charge < -0.3 is 0 Å². The third kappa shape index (κ3) is 14.2. The maximum atomic E-state index is 12.6. The summed E-state index contributed by atoms with van der Waals surface area (Å²) in [6.45, 7) is 2.51.